The van der Waals surface area contributed by atoms with Crippen molar-refractivity contribution < 1.29 is 8.78 Å². The largest absolute Gasteiger partial charge is 0.383 e. The lowest BCUT2D eigenvalue weighted by atomic mass is 9.68. The molecule has 0 radical (unpaired) electrons. The molecule has 0 amide bonds. The molecule has 1 fully saturated rings. The van der Waals surface area contributed by atoms with Crippen LogP contribution in [-0.2, 0) is 5.44 Å². The Morgan fingerprint density at radius 2 is 1.97 bits per heavy atom. The first-order valence-corrected chi connectivity index (χ1v) is 13.2. The first-order valence-electron chi connectivity index (χ1n) is 12.8. The molecule has 39 heavy (non-hydrogen) atoms. The number of nitrogens with one attached hydrogen (secondary N) is 2. The number of anilines is 2. The summed E-state index contributed by atoms with van der Waals surface area (Å²) in [6.07, 6.45) is 2.67. The summed E-state index contributed by atoms with van der Waals surface area (Å²) in [6, 6.07) is 12.5. The lowest BCUT2D eigenvalue weighted by molar-refractivity contribution is 0.149. The summed E-state index contributed by atoms with van der Waals surface area (Å²) in [5.74, 6) is 0. The van der Waals surface area contributed by atoms with Gasteiger partial charge in [0.05, 0.1) is 39.5 Å². The maximum atomic E-state index is 14.2. The molecular formula is C28H29BClF2N7. The van der Waals surface area contributed by atoms with E-state index in [1.165, 1.54) is 12.3 Å². The summed E-state index contributed by atoms with van der Waals surface area (Å²) in [5, 5.41) is 26.4. The van der Waals surface area contributed by atoms with Gasteiger partial charge < -0.3 is 10.6 Å². The number of hydrogen-bond donors (Lipinski definition) is 2. The van der Waals surface area contributed by atoms with Gasteiger partial charge in [-0.3, -0.25) is 4.98 Å². The number of nitrogens with zero attached hydrogens (tertiary/aromatic N) is 5. The van der Waals surface area contributed by atoms with Gasteiger partial charge >= 0.3 is 0 Å². The molecule has 5 rings (SSSR count). The molecule has 2 aromatic carbocycles. The fourth-order valence-electron chi connectivity index (χ4n) is 4.68. The Morgan fingerprint density at radius 1 is 1.23 bits per heavy atom. The number of aromatic nitrogens is 4. The highest BCUT2D eigenvalue weighted by Crippen LogP contribution is 2.40. The summed E-state index contributed by atoms with van der Waals surface area (Å²) < 4.78 is 30.2. The molecule has 0 spiro atoms. The van der Waals surface area contributed by atoms with Crippen LogP contribution < -0.4 is 10.6 Å². The number of benzene rings is 2. The molecule has 200 valence electrons. The molecule has 1 unspecified atom stereocenters. The second kappa shape index (κ2) is 10.1. The zero-order valence-corrected chi connectivity index (χ0v) is 23.0. The van der Waals surface area contributed by atoms with Crippen molar-refractivity contribution >= 4 is 41.7 Å². The molecule has 7 nitrogen and oxygen atoms in total. The predicted molar refractivity (Wildman–Crippen MR) is 152 cm³/mol. The summed E-state index contributed by atoms with van der Waals surface area (Å²) in [7, 11) is 1.82. The molecular weight excluding hydrogens is 519 g/mol. The minimum absolute atomic E-state index is 0.0487. The van der Waals surface area contributed by atoms with Gasteiger partial charge in [0.25, 0.3) is 6.43 Å². The van der Waals surface area contributed by atoms with Crippen LogP contribution in [0.15, 0.2) is 48.8 Å². The van der Waals surface area contributed by atoms with E-state index in [1.807, 2.05) is 20.1 Å². The second-order valence-corrected chi connectivity index (χ2v) is 11.8. The van der Waals surface area contributed by atoms with Gasteiger partial charge in [0.15, 0.2) is 0 Å². The molecule has 2 aromatic heterocycles. The molecule has 4 aromatic rings. The van der Waals surface area contributed by atoms with E-state index in [0.29, 0.717) is 50.7 Å². The first-order chi connectivity index (χ1) is 18.5. The minimum atomic E-state index is -2.68. The summed E-state index contributed by atoms with van der Waals surface area (Å²) in [6.45, 7) is 6.89. The molecule has 1 saturated carbocycles. The Hall–Kier alpha value is -3.71. The van der Waals surface area contributed by atoms with E-state index in [1.54, 1.807) is 28.9 Å². The Balaban J connectivity index is 1.66. The van der Waals surface area contributed by atoms with Crippen LogP contribution in [0.2, 0.25) is 5.02 Å². The molecule has 0 aliphatic heterocycles. The number of fused-ring (bicyclic) bond motifs is 1. The van der Waals surface area contributed by atoms with E-state index in [-0.39, 0.29) is 17.0 Å². The van der Waals surface area contributed by atoms with Gasteiger partial charge in [-0.2, -0.15) is 5.26 Å². The summed E-state index contributed by atoms with van der Waals surface area (Å²) in [5.41, 5.74) is 1.69. The highest BCUT2D eigenvalue weighted by molar-refractivity contribution is 6.36. The van der Waals surface area contributed by atoms with E-state index in [2.05, 4.69) is 52.8 Å². The van der Waals surface area contributed by atoms with Crippen molar-refractivity contribution in [1.82, 2.24) is 20.0 Å². The van der Waals surface area contributed by atoms with Gasteiger partial charge in [0, 0.05) is 29.4 Å². The normalized spacial score (nSPS) is 15.2. The van der Waals surface area contributed by atoms with Crippen LogP contribution in [0.4, 0.5) is 20.2 Å². The molecule has 1 aliphatic rings. The van der Waals surface area contributed by atoms with Gasteiger partial charge in [0.1, 0.15) is 19.6 Å². The fourth-order valence-corrected chi connectivity index (χ4v) is 4.95. The number of pyridine rings is 1. The SMILES string of the molecule is BC(Nc1cc(Cl)c2ncc(C#N)c(NCC(C)(C)C)c2c1)(c1cn(C2CC2)nn1)c1ccccc1C(F)F. The van der Waals surface area contributed by atoms with Crippen molar-refractivity contribution in [3.63, 3.8) is 0 Å². The maximum Gasteiger partial charge on any atom is 0.264 e. The van der Waals surface area contributed by atoms with Gasteiger partial charge in [-0.1, -0.05) is 61.9 Å². The van der Waals surface area contributed by atoms with Crippen LogP contribution in [-0.4, -0.2) is 34.4 Å². The molecule has 0 saturated heterocycles. The van der Waals surface area contributed by atoms with Gasteiger partial charge in [-0.15, -0.1) is 5.10 Å². The van der Waals surface area contributed by atoms with Crippen LogP contribution in [0.3, 0.4) is 0 Å². The standard InChI is InChI=1S/C28H29BClF2N7/c1-27(2,3)15-35-24-16(12-33)13-34-25-20(24)10-17(11-22(25)30)36-28(29,21-7-5-4-6-19(21)26(31)32)23-14-39(38-37-23)18-8-9-18/h4-7,10-11,13-14,18,26,36H,8-9,15,29H2,1-3H3,(H,34,35). The van der Waals surface area contributed by atoms with Crippen molar-refractivity contribution in [3.05, 3.63) is 76.2 Å². The van der Waals surface area contributed by atoms with Crippen LogP contribution in [0.5, 0.6) is 0 Å². The highest BCUT2D eigenvalue weighted by atomic mass is 35.5. The van der Waals surface area contributed by atoms with Gasteiger partial charge in [-0.05, 0) is 36.0 Å². The average molecular weight is 548 g/mol. The molecule has 1 atom stereocenters. The van der Waals surface area contributed by atoms with E-state index < -0.39 is 11.9 Å². The fraction of sp³-hybridized carbons (Fsp3) is 0.357. The third-order valence-electron chi connectivity index (χ3n) is 6.91. The topological polar surface area (TPSA) is 91.5 Å². The van der Waals surface area contributed by atoms with Crippen molar-refractivity contribution in [3.8, 4) is 6.07 Å². The zero-order valence-electron chi connectivity index (χ0n) is 22.3. The van der Waals surface area contributed by atoms with Crippen molar-refractivity contribution in [2.45, 2.75) is 51.5 Å². The third-order valence-corrected chi connectivity index (χ3v) is 7.20. The van der Waals surface area contributed by atoms with E-state index >= 15 is 0 Å². The average Bonchev–Trinajstić information content (AvgIpc) is 3.62. The summed E-state index contributed by atoms with van der Waals surface area (Å²) >= 11 is 6.71. The van der Waals surface area contributed by atoms with Crippen molar-refractivity contribution in [2.75, 3.05) is 17.2 Å². The Kier molecular flexibility index (Phi) is 6.98. The van der Waals surface area contributed by atoms with Crippen molar-refractivity contribution in [2.24, 2.45) is 5.41 Å². The lowest BCUT2D eigenvalue weighted by Crippen LogP contribution is -2.39. The molecule has 11 heteroatoms. The van der Waals surface area contributed by atoms with Crippen LogP contribution in [0.1, 0.15) is 68.5 Å². The minimum Gasteiger partial charge on any atom is -0.383 e. The van der Waals surface area contributed by atoms with Crippen LogP contribution >= 0.6 is 11.6 Å². The van der Waals surface area contributed by atoms with Crippen LogP contribution in [0, 0.1) is 16.7 Å². The van der Waals surface area contributed by atoms with Crippen LogP contribution in [0.25, 0.3) is 10.9 Å². The monoisotopic (exact) mass is 547 g/mol. The predicted octanol–water partition coefficient (Wildman–Crippen LogP) is 6.03. The number of rotatable bonds is 8. The smallest absolute Gasteiger partial charge is 0.264 e. The number of halogens is 3. The second-order valence-electron chi connectivity index (χ2n) is 11.4. The van der Waals surface area contributed by atoms with Gasteiger partial charge in [0.2, 0.25) is 0 Å². The number of alkyl halides is 2. The number of hydrogen-bond acceptors (Lipinski definition) is 6. The molecule has 2 heterocycles. The maximum absolute atomic E-state index is 14.2. The Morgan fingerprint density at radius 3 is 2.64 bits per heavy atom. The van der Waals surface area contributed by atoms with E-state index in [4.69, 9.17) is 11.6 Å². The number of nitriles is 1. The zero-order chi connectivity index (χ0) is 27.9. The van der Waals surface area contributed by atoms with E-state index in [0.717, 1.165) is 12.8 Å². The summed E-state index contributed by atoms with van der Waals surface area (Å²) in [4.78, 5) is 4.43. The molecule has 0 bridgehead atoms. The third kappa shape index (κ3) is 5.41. The van der Waals surface area contributed by atoms with Crippen molar-refractivity contribution in [1.29, 1.82) is 5.26 Å². The molecule has 2 N–H and O–H groups in total. The van der Waals surface area contributed by atoms with E-state index in [9.17, 15) is 14.0 Å². The van der Waals surface area contributed by atoms with Gasteiger partial charge in [-0.25, -0.2) is 13.5 Å². The lowest BCUT2D eigenvalue weighted by Gasteiger charge is -2.33. The Labute approximate surface area is 232 Å². The first kappa shape index (κ1) is 26.9. The molecule has 1 aliphatic carbocycles. The Bertz CT molecular complexity index is 1570. The quantitative estimate of drug-likeness (QED) is 0.262. The highest BCUT2D eigenvalue weighted by Gasteiger charge is 2.37.